The molecule has 1 saturated carbocycles. The Bertz CT molecular complexity index is 189. The van der Waals surface area contributed by atoms with Gasteiger partial charge in [0.25, 0.3) is 0 Å². The molecule has 1 aliphatic heterocycles. The van der Waals surface area contributed by atoms with E-state index in [-0.39, 0.29) is 0 Å². The quantitative estimate of drug-likeness (QED) is 0.777. The summed E-state index contributed by atoms with van der Waals surface area (Å²) in [6, 6.07) is 1.61. The predicted octanol–water partition coefficient (Wildman–Crippen LogP) is 3.30. The molecule has 0 aromatic rings. The maximum Gasteiger partial charge on any atom is 0.0161 e. The third kappa shape index (κ3) is 3.13. The van der Waals surface area contributed by atoms with Crippen molar-refractivity contribution in [3.63, 3.8) is 0 Å². The summed E-state index contributed by atoms with van der Waals surface area (Å²) in [6.45, 7) is 4.87. The molecule has 0 aromatic carbocycles. The fourth-order valence-electron chi connectivity index (χ4n) is 2.99. The summed E-state index contributed by atoms with van der Waals surface area (Å²) in [5.74, 6) is 4.53. The van der Waals surface area contributed by atoms with Gasteiger partial charge in [-0.15, -0.1) is 0 Å². The maximum absolute atomic E-state index is 3.92. The van der Waals surface area contributed by atoms with Crippen LogP contribution in [0.3, 0.4) is 0 Å². The van der Waals surface area contributed by atoms with Crippen LogP contribution >= 0.6 is 11.8 Å². The Kier molecular flexibility index (Phi) is 4.39. The van der Waals surface area contributed by atoms with Crippen LogP contribution in [0.2, 0.25) is 0 Å². The van der Waals surface area contributed by atoms with Gasteiger partial charge in [0, 0.05) is 17.8 Å². The minimum Gasteiger partial charge on any atom is -0.310 e. The SMILES string of the molecule is C[C@@H]1[C@H](C)CCC[C@@H]1N[C@@H]1CCCSC1. The van der Waals surface area contributed by atoms with E-state index in [0.29, 0.717) is 0 Å². The van der Waals surface area contributed by atoms with E-state index in [2.05, 4.69) is 30.9 Å². The van der Waals surface area contributed by atoms with Gasteiger partial charge in [-0.05, 0) is 36.9 Å². The third-order valence-electron chi connectivity index (χ3n) is 4.32. The van der Waals surface area contributed by atoms with Crippen molar-refractivity contribution in [2.75, 3.05) is 11.5 Å². The fraction of sp³-hybridized carbons (Fsp3) is 1.00. The van der Waals surface area contributed by atoms with Crippen LogP contribution in [0, 0.1) is 11.8 Å². The van der Waals surface area contributed by atoms with E-state index in [1.54, 1.807) is 0 Å². The number of hydrogen-bond donors (Lipinski definition) is 1. The molecule has 1 saturated heterocycles. The Labute approximate surface area is 98.8 Å². The van der Waals surface area contributed by atoms with Gasteiger partial charge in [-0.25, -0.2) is 0 Å². The molecule has 1 aliphatic carbocycles. The first-order valence-corrected chi connectivity index (χ1v) is 7.76. The van der Waals surface area contributed by atoms with Crippen molar-refractivity contribution >= 4 is 11.8 Å². The summed E-state index contributed by atoms with van der Waals surface area (Å²) in [5, 5.41) is 3.92. The van der Waals surface area contributed by atoms with Crippen molar-refractivity contribution in [2.45, 2.75) is 58.0 Å². The van der Waals surface area contributed by atoms with Gasteiger partial charge in [0.05, 0.1) is 0 Å². The molecule has 15 heavy (non-hydrogen) atoms. The summed E-state index contributed by atoms with van der Waals surface area (Å²) in [5.41, 5.74) is 0. The second-order valence-electron chi connectivity index (χ2n) is 5.45. The van der Waals surface area contributed by atoms with Gasteiger partial charge in [0.1, 0.15) is 0 Å². The van der Waals surface area contributed by atoms with Crippen LogP contribution in [0.1, 0.15) is 46.0 Å². The van der Waals surface area contributed by atoms with Crippen LogP contribution in [-0.2, 0) is 0 Å². The molecule has 2 fully saturated rings. The molecule has 0 radical (unpaired) electrons. The molecule has 88 valence electrons. The van der Waals surface area contributed by atoms with Gasteiger partial charge in [0.15, 0.2) is 0 Å². The normalized spacial score (nSPS) is 42.8. The number of nitrogens with one attached hydrogen (secondary N) is 1. The minimum atomic E-state index is 0.803. The molecule has 1 N–H and O–H groups in total. The second-order valence-corrected chi connectivity index (χ2v) is 6.60. The average molecular weight is 227 g/mol. The highest BCUT2D eigenvalue weighted by Crippen LogP contribution is 2.30. The largest absolute Gasteiger partial charge is 0.310 e. The Morgan fingerprint density at radius 1 is 1.07 bits per heavy atom. The van der Waals surface area contributed by atoms with Crippen molar-refractivity contribution in [2.24, 2.45) is 11.8 Å². The number of hydrogen-bond acceptors (Lipinski definition) is 2. The number of rotatable bonds is 2. The summed E-state index contributed by atoms with van der Waals surface area (Å²) < 4.78 is 0. The predicted molar refractivity (Wildman–Crippen MR) is 69.4 cm³/mol. The highest BCUT2D eigenvalue weighted by atomic mass is 32.2. The Morgan fingerprint density at radius 2 is 1.93 bits per heavy atom. The van der Waals surface area contributed by atoms with Crippen LogP contribution in [-0.4, -0.2) is 23.6 Å². The molecule has 2 rings (SSSR count). The summed E-state index contributed by atoms with van der Waals surface area (Å²) in [7, 11) is 0. The zero-order chi connectivity index (χ0) is 10.7. The molecular weight excluding hydrogens is 202 g/mol. The lowest BCUT2D eigenvalue weighted by Gasteiger charge is -2.38. The molecule has 0 spiro atoms. The summed E-state index contributed by atoms with van der Waals surface area (Å²) >= 11 is 2.13. The van der Waals surface area contributed by atoms with Crippen LogP contribution in [0.15, 0.2) is 0 Å². The molecule has 0 bridgehead atoms. The molecular formula is C13H25NS. The van der Waals surface area contributed by atoms with Crippen LogP contribution in [0.5, 0.6) is 0 Å². The number of thioether (sulfide) groups is 1. The zero-order valence-corrected chi connectivity index (χ0v) is 11.0. The third-order valence-corrected chi connectivity index (χ3v) is 5.53. The lowest BCUT2D eigenvalue weighted by molar-refractivity contribution is 0.194. The standard InChI is InChI=1S/C13H25NS/c1-10-5-3-7-13(11(10)2)14-12-6-4-8-15-9-12/h10-14H,3-9H2,1-2H3/t10-,11-,12-,13+/m1/s1. The van der Waals surface area contributed by atoms with Crippen molar-refractivity contribution in [1.82, 2.24) is 5.32 Å². The van der Waals surface area contributed by atoms with Crippen LogP contribution in [0.25, 0.3) is 0 Å². The molecule has 1 nitrogen and oxygen atoms in total. The smallest absolute Gasteiger partial charge is 0.0161 e. The zero-order valence-electron chi connectivity index (χ0n) is 10.2. The molecule has 0 amide bonds. The van der Waals surface area contributed by atoms with Gasteiger partial charge in [-0.3, -0.25) is 0 Å². The fourth-order valence-corrected chi connectivity index (χ4v) is 4.08. The van der Waals surface area contributed by atoms with Gasteiger partial charge in [0.2, 0.25) is 0 Å². The van der Waals surface area contributed by atoms with E-state index < -0.39 is 0 Å². The summed E-state index contributed by atoms with van der Waals surface area (Å²) in [4.78, 5) is 0. The first kappa shape index (κ1) is 11.8. The van der Waals surface area contributed by atoms with Crippen LogP contribution < -0.4 is 5.32 Å². The first-order chi connectivity index (χ1) is 7.27. The van der Waals surface area contributed by atoms with E-state index in [1.807, 2.05) is 0 Å². The van der Waals surface area contributed by atoms with Gasteiger partial charge < -0.3 is 5.32 Å². The molecule has 2 heteroatoms. The molecule has 4 atom stereocenters. The van der Waals surface area contributed by atoms with Crippen molar-refractivity contribution in [1.29, 1.82) is 0 Å². The minimum absolute atomic E-state index is 0.803. The lowest BCUT2D eigenvalue weighted by Crippen LogP contribution is -2.47. The van der Waals surface area contributed by atoms with Crippen molar-refractivity contribution in [3.8, 4) is 0 Å². The molecule has 2 aliphatic rings. The Balaban J connectivity index is 1.81. The van der Waals surface area contributed by atoms with Crippen molar-refractivity contribution in [3.05, 3.63) is 0 Å². The Morgan fingerprint density at radius 3 is 2.67 bits per heavy atom. The first-order valence-electron chi connectivity index (χ1n) is 6.61. The van der Waals surface area contributed by atoms with Crippen LogP contribution in [0.4, 0.5) is 0 Å². The van der Waals surface area contributed by atoms with E-state index in [0.717, 1.165) is 23.9 Å². The van der Waals surface area contributed by atoms with Crippen molar-refractivity contribution < 1.29 is 0 Å². The van der Waals surface area contributed by atoms with Gasteiger partial charge in [-0.1, -0.05) is 26.7 Å². The molecule has 0 aromatic heterocycles. The topological polar surface area (TPSA) is 12.0 Å². The Hall–Kier alpha value is 0.310. The lowest BCUT2D eigenvalue weighted by atomic mass is 9.78. The van der Waals surface area contributed by atoms with E-state index >= 15 is 0 Å². The second kappa shape index (κ2) is 5.58. The van der Waals surface area contributed by atoms with Gasteiger partial charge >= 0.3 is 0 Å². The maximum atomic E-state index is 3.92. The average Bonchev–Trinajstić information content (AvgIpc) is 2.26. The highest BCUT2D eigenvalue weighted by Gasteiger charge is 2.28. The van der Waals surface area contributed by atoms with E-state index in [1.165, 1.54) is 43.6 Å². The van der Waals surface area contributed by atoms with Gasteiger partial charge in [-0.2, -0.15) is 11.8 Å². The monoisotopic (exact) mass is 227 g/mol. The van der Waals surface area contributed by atoms with E-state index in [4.69, 9.17) is 0 Å². The van der Waals surface area contributed by atoms with E-state index in [9.17, 15) is 0 Å². The molecule has 0 unspecified atom stereocenters. The highest BCUT2D eigenvalue weighted by molar-refractivity contribution is 7.99. The summed E-state index contributed by atoms with van der Waals surface area (Å²) in [6.07, 6.45) is 7.11. The molecule has 1 heterocycles.